The Labute approximate surface area is 182 Å². The molecular weight excluding hydrogens is 394 g/mol. The first-order valence-corrected chi connectivity index (χ1v) is 10.4. The molecule has 7 nitrogen and oxygen atoms in total. The Morgan fingerprint density at radius 1 is 1.00 bits per heavy atom. The van der Waals surface area contributed by atoms with Crippen LogP contribution in [0.5, 0.6) is 0 Å². The van der Waals surface area contributed by atoms with Crippen molar-refractivity contribution in [2.24, 2.45) is 11.8 Å². The van der Waals surface area contributed by atoms with Gasteiger partial charge in [-0.2, -0.15) is 0 Å². The van der Waals surface area contributed by atoms with Gasteiger partial charge in [-0.3, -0.25) is 14.4 Å². The first-order chi connectivity index (χ1) is 14.7. The minimum atomic E-state index is -1.13. The van der Waals surface area contributed by atoms with Crippen LogP contribution in [-0.4, -0.2) is 42.5 Å². The Bertz CT molecular complexity index is 988. The zero-order chi connectivity index (χ0) is 22.7. The first kappa shape index (κ1) is 22.5. The maximum Gasteiger partial charge on any atom is 0.253 e. The lowest BCUT2D eigenvalue weighted by molar-refractivity contribution is -0.133. The van der Waals surface area contributed by atoms with E-state index < -0.39 is 24.0 Å². The SMILES string of the molecule is CC(C)[C@H](O)C(=O)NC[C@@H](C)C(=O)N[C@@H]1C(=O)N(C)c2ccccc2-c2ccccc21. The van der Waals surface area contributed by atoms with E-state index in [4.69, 9.17) is 0 Å². The normalized spacial score (nSPS) is 17.3. The molecule has 0 bridgehead atoms. The number of fused-ring (bicyclic) bond motifs is 3. The number of rotatable bonds is 6. The smallest absolute Gasteiger partial charge is 0.253 e. The quantitative estimate of drug-likeness (QED) is 0.664. The van der Waals surface area contributed by atoms with Crippen LogP contribution in [0.3, 0.4) is 0 Å². The van der Waals surface area contributed by atoms with Crippen LogP contribution < -0.4 is 15.5 Å². The van der Waals surface area contributed by atoms with Gasteiger partial charge in [-0.25, -0.2) is 0 Å². The first-order valence-electron chi connectivity index (χ1n) is 10.4. The minimum Gasteiger partial charge on any atom is -0.383 e. The van der Waals surface area contributed by atoms with E-state index in [1.165, 1.54) is 0 Å². The summed E-state index contributed by atoms with van der Waals surface area (Å²) < 4.78 is 0. The predicted octanol–water partition coefficient (Wildman–Crippen LogP) is 2.26. The van der Waals surface area contributed by atoms with Crippen molar-refractivity contribution in [1.29, 1.82) is 0 Å². The van der Waals surface area contributed by atoms with Crippen molar-refractivity contribution in [3.05, 3.63) is 54.1 Å². The fourth-order valence-electron chi connectivity index (χ4n) is 3.61. The highest BCUT2D eigenvalue weighted by Gasteiger charge is 2.34. The van der Waals surface area contributed by atoms with E-state index in [0.717, 1.165) is 22.4 Å². The largest absolute Gasteiger partial charge is 0.383 e. The lowest BCUT2D eigenvalue weighted by Gasteiger charge is -2.24. The molecule has 1 heterocycles. The standard InChI is InChI=1S/C24H29N3O4/c1-14(2)21(28)23(30)25-13-15(3)22(29)26-20-18-11-6-5-9-16(18)17-10-7-8-12-19(17)27(4)24(20)31/h5-12,14-15,20-21,28H,13H2,1-4H3,(H,25,30)(H,26,29)/t15-,20+,21+/m1/s1. The topological polar surface area (TPSA) is 98.7 Å². The van der Waals surface area contributed by atoms with E-state index in [1.54, 1.807) is 32.7 Å². The summed E-state index contributed by atoms with van der Waals surface area (Å²) in [7, 11) is 1.70. The fourth-order valence-corrected chi connectivity index (χ4v) is 3.61. The van der Waals surface area contributed by atoms with E-state index in [-0.39, 0.29) is 24.3 Å². The highest BCUT2D eigenvalue weighted by Crippen LogP contribution is 2.39. The molecule has 0 saturated heterocycles. The summed E-state index contributed by atoms with van der Waals surface area (Å²) in [4.78, 5) is 39.7. The van der Waals surface area contributed by atoms with Crippen LogP contribution in [0.25, 0.3) is 11.1 Å². The van der Waals surface area contributed by atoms with E-state index in [9.17, 15) is 19.5 Å². The molecule has 0 spiro atoms. The van der Waals surface area contributed by atoms with Gasteiger partial charge < -0.3 is 20.6 Å². The molecule has 3 rings (SSSR count). The molecule has 0 radical (unpaired) electrons. The lowest BCUT2D eigenvalue weighted by Crippen LogP contribution is -2.46. The third-order valence-corrected chi connectivity index (χ3v) is 5.62. The number of carbonyl (C=O) groups is 3. The molecule has 0 aliphatic carbocycles. The molecular formula is C24H29N3O4. The zero-order valence-corrected chi connectivity index (χ0v) is 18.3. The van der Waals surface area contributed by atoms with Gasteiger partial charge in [0.15, 0.2) is 0 Å². The van der Waals surface area contributed by atoms with Crippen LogP contribution in [0.4, 0.5) is 5.69 Å². The second kappa shape index (κ2) is 9.31. The lowest BCUT2D eigenvalue weighted by atomic mass is 9.95. The summed E-state index contributed by atoms with van der Waals surface area (Å²) in [6.45, 7) is 5.21. The average molecular weight is 424 g/mol. The van der Waals surface area contributed by atoms with E-state index in [2.05, 4.69) is 10.6 Å². The molecule has 3 amide bonds. The maximum atomic E-state index is 13.3. The van der Waals surface area contributed by atoms with Gasteiger partial charge in [0.25, 0.3) is 5.91 Å². The molecule has 3 N–H and O–H groups in total. The monoisotopic (exact) mass is 423 g/mol. The molecule has 2 aromatic rings. The van der Waals surface area contributed by atoms with Crippen molar-refractivity contribution in [3.63, 3.8) is 0 Å². The molecule has 7 heteroatoms. The molecule has 0 unspecified atom stereocenters. The number of carbonyl (C=O) groups excluding carboxylic acids is 3. The highest BCUT2D eigenvalue weighted by atomic mass is 16.3. The molecule has 0 aromatic heterocycles. The predicted molar refractivity (Wildman–Crippen MR) is 119 cm³/mol. The average Bonchev–Trinajstić information content (AvgIpc) is 2.86. The number of hydrogen-bond donors (Lipinski definition) is 3. The van der Waals surface area contributed by atoms with Gasteiger partial charge in [0.1, 0.15) is 12.1 Å². The van der Waals surface area contributed by atoms with Gasteiger partial charge >= 0.3 is 0 Å². The summed E-state index contributed by atoms with van der Waals surface area (Å²) in [5, 5.41) is 15.3. The van der Waals surface area contributed by atoms with Crippen molar-refractivity contribution >= 4 is 23.4 Å². The van der Waals surface area contributed by atoms with Gasteiger partial charge in [-0.1, -0.05) is 63.2 Å². The summed E-state index contributed by atoms with van der Waals surface area (Å²) in [5.41, 5.74) is 3.32. The second-order valence-corrected chi connectivity index (χ2v) is 8.28. The zero-order valence-electron chi connectivity index (χ0n) is 18.3. The number of aliphatic hydroxyl groups excluding tert-OH is 1. The third-order valence-electron chi connectivity index (χ3n) is 5.62. The van der Waals surface area contributed by atoms with E-state index in [1.807, 2.05) is 48.5 Å². The maximum absolute atomic E-state index is 13.3. The molecule has 31 heavy (non-hydrogen) atoms. The highest BCUT2D eigenvalue weighted by molar-refractivity contribution is 6.06. The summed E-state index contributed by atoms with van der Waals surface area (Å²) in [6, 6.07) is 14.3. The Balaban J connectivity index is 1.80. The Kier molecular flexibility index (Phi) is 6.75. The molecule has 2 aromatic carbocycles. The number of hydrogen-bond acceptors (Lipinski definition) is 4. The van der Waals surface area contributed by atoms with Crippen LogP contribution in [0.15, 0.2) is 48.5 Å². The molecule has 1 aliphatic heterocycles. The van der Waals surface area contributed by atoms with Crippen LogP contribution in [0.2, 0.25) is 0 Å². The minimum absolute atomic E-state index is 0.0626. The number of nitrogens with one attached hydrogen (secondary N) is 2. The van der Waals surface area contributed by atoms with Crippen molar-refractivity contribution in [1.82, 2.24) is 10.6 Å². The Morgan fingerprint density at radius 3 is 2.29 bits per heavy atom. The van der Waals surface area contributed by atoms with Crippen LogP contribution in [0, 0.1) is 11.8 Å². The molecule has 1 aliphatic rings. The number of likely N-dealkylation sites (N-methyl/N-ethyl adjacent to an activating group) is 1. The van der Waals surface area contributed by atoms with Crippen LogP contribution >= 0.6 is 0 Å². The van der Waals surface area contributed by atoms with Crippen LogP contribution in [0.1, 0.15) is 32.4 Å². The number of amides is 3. The van der Waals surface area contributed by atoms with Gasteiger partial charge in [0.05, 0.1) is 11.6 Å². The number of benzene rings is 2. The van der Waals surface area contributed by atoms with Gasteiger partial charge in [0, 0.05) is 19.2 Å². The molecule has 0 saturated carbocycles. The van der Waals surface area contributed by atoms with Crippen molar-refractivity contribution in [3.8, 4) is 11.1 Å². The summed E-state index contributed by atoms with van der Waals surface area (Å²) in [5.74, 6) is -1.91. The van der Waals surface area contributed by atoms with E-state index in [0.29, 0.717) is 0 Å². The number of para-hydroxylation sites is 1. The van der Waals surface area contributed by atoms with E-state index >= 15 is 0 Å². The molecule has 3 atom stereocenters. The van der Waals surface area contributed by atoms with Gasteiger partial charge in [0.2, 0.25) is 11.8 Å². The molecule has 164 valence electrons. The Hall–Kier alpha value is -3.19. The third kappa shape index (κ3) is 4.61. The summed E-state index contributed by atoms with van der Waals surface area (Å²) in [6.07, 6.45) is -1.13. The van der Waals surface area contributed by atoms with Gasteiger partial charge in [-0.15, -0.1) is 0 Å². The number of anilines is 1. The van der Waals surface area contributed by atoms with Crippen LogP contribution in [-0.2, 0) is 14.4 Å². The molecule has 0 fully saturated rings. The number of aliphatic hydroxyl groups is 1. The van der Waals surface area contributed by atoms with Crippen molar-refractivity contribution < 1.29 is 19.5 Å². The number of nitrogens with zero attached hydrogens (tertiary/aromatic N) is 1. The van der Waals surface area contributed by atoms with Crippen molar-refractivity contribution in [2.75, 3.05) is 18.5 Å². The fraction of sp³-hybridized carbons (Fsp3) is 0.375. The Morgan fingerprint density at radius 2 is 1.61 bits per heavy atom. The van der Waals surface area contributed by atoms with Crippen molar-refractivity contribution in [2.45, 2.75) is 32.9 Å². The van der Waals surface area contributed by atoms with Gasteiger partial charge in [-0.05, 0) is 23.1 Å². The second-order valence-electron chi connectivity index (χ2n) is 8.28. The summed E-state index contributed by atoms with van der Waals surface area (Å²) >= 11 is 0.